The number of Topliss-reactive ketones (excluding diaryl/α,β-unsaturated/α-hetero) is 2. The average Bonchev–Trinajstić information content (AvgIpc) is 3.01. The van der Waals surface area contributed by atoms with Crippen LogP contribution in [0.25, 0.3) is 5.57 Å². The van der Waals surface area contributed by atoms with E-state index in [1.165, 1.54) is 19.1 Å². The van der Waals surface area contributed by atoms with Crippen molar-refractivity contribution in [2.45, 2.75) is 24.9 Å². The molecule has 0 unspecified atom stereocenters. The molecule has 5 heteroatoms. The number of hydrogen-bond acceptors (Lipinski definition) is 5. The second-order valence-electron chi connectivity index (χ2n) is 8.81. The van der Waals surface area contributed by atoms with Gasteiger partial charge in [0.15, 0.2) is 11.6 Å². The Kier molecular flexibility index (Phi) is 3.72. The zero-order valence-electron chi connectivity index (χ0n) is 16.7. The van der Waals surface area contributed by atoms with Gasteiger partial charge in [-0.15, -0.1) is 0 Å². The highest BCUT2D eigenvalue weighted by molar-refractivity contribution is 6.26. The Bertz CT molecular complexity index is 1140. The van der Waals surface area contributed by atoms with Gasteiger partial charge in [0.25, 0.3) is 0 Å². The minimum atomic E-state index is -1.62. The van der Waals surface area contributed by atoms with Crippen molar-refractivity contribution >= 4 is 17.1 Å². The lowest BCUT2D eigenvalue weighted by molar-refractivity contribution is -0.160. The summed E-state index contributed by atoms with van der Waals surface area (Å²) in [6.45, 7) is 3.38. The molecule has 3 N–H and O–H groups in total. The zero-order valence-corrected chi connectivity index (χ0v) is 16.7. The predicted octanol–water partition coefficient (Wildman–Crippen LogP) is 3.14. The fraction of sp³-hybridized carbons (Fsp3) is 0.280. The van der Waals surface area contributed by atoms with Gasteiger partial charge in [-0.05, 0) is 49.2 Å². The molecule has 1 saturated carbocycles. The van der Waals surface area contributed by atoms with Crippen molar-refractivity contribution in [3.05, 3.63) is 77.4 Å². The molecule has 0 aliphatic heterocycles. The topological polar surface area (TPSA) is 94.8 Å². The van der Waals surface area contributed by atoms with Gasteiger partial charge in [0.05, 0.1) is 5.92 Å². The van der Waals surface area contributed by atoms with Gasteiger partial charge >= 0.3 is 0 Å². The van der Waals surface area contributed by atoms with Gasteiger partial charge in [-0.25, -0.2) is 0 Å². The number of carbonyl (C=O) groups excluding carboxylic acids is 2. The maximum Gasteiger partial charge on any atom is 0.172 e. The van der Waals surface area contributed by atoms with Crippen molar-refractivity contribution in [1.29, 1.82) is 0 Å². The summed E-state index contributed by atoms with van der Waals surface area (Å²) in [5, 5.41) is 30.5. The molecule has 5 atom stereocenters. The SMILES string of the molecule is CC1=C[C@@H]2[C@@H]3C(=O)C(c4ccc(O)cc4)=C[C@]3(c3ccc(O)cc3)[C@H]1C(=O)[C@@]2(C)O. The monoisotopic (exact) mass is 402 g/mol. The minimum Gasteiger partial charge on any atom is -0.508 e. The van der Waals surface area contributed by atoms with Gasteiger partial charge in [-0.1, -0.05) is 42.0 Å². The van der Waals surface area contributed by atoms with Crippen molar-refractivity contribution < 1.29 is 24.9 Å². The maximum atomic E-state index is 13.7. The van der Waals surface area contributed by atoms with Gasteiger partial charge in [0.1, 0.15) is 17.1 Å². The smallest absolute Gasteiger partial charge is 0.172 e. The molecule has 5 nitrogen and oxygen atoms in total. The highest BCUT2D eigenvalue weighted by Crippen LogP contribution is 2.63. The van der Waals surface area contributed by atoms with Gasteiger partial charge in [-0.3, -0.25) is 9.59 Å². The third kappa shape index (κ3) is 2.21. The van der Waals surface area contributed by atoms with Crippen LogP contribution >= 0.6 is 0 Å². The third-order valence-corrected chi connectivity index (χ3v) is 7.14. The van der Waals surface area contributed by atoms with Crippen LogP contribution in [0.1, 0.15) is 25.0 Å². The summed E-state index contributed by atoms with van der Waals surface area (Å²) in [5.74, 6) is -2.16. The molecule has 0 aromatic heterocycles. The number of carbonyl (C=O) groups is 2. The third-order valence-electron chi connectivity index (χ3n) is 7.14. The first-order valence-corrected chi connectivity index (χ1v) is 9.99. The van der Waals surface area contributed by atoms with E-state index in [0.717, 1.165) is 11.1 Å². The van der Waals surface area contributed by atoms with Crippen LogP contribution in [0.3, 0.4) is 0 Å². The Hall–Kier alpha value is -3.18. The number of hydrogen-bond donors (Lipinski definition) is 3. The Morgan fingerprint density at radius 2 is 1.47 bits per heavy atom. The summed E-state index contributed by atoms with van der Waals surface area (Å²) in [6.07, 6.45) is 3.75. The van der Waals surface area contributed by atoms with Crippen LogP contribution in [0.15, 0.2) is 66.3 Å². The summed E-state index contributed by atoms with van der Waals surface area (Å²) >= 11 is 0. The number of rotatable bonds is 2. The molecular formula is C25H22O5. The molecule has 0 spiro atoms. The second kappa shape index (κ2) is 5.92. The van der Waals surface area contributed by atoms with Crippen LogP contribution in [0.2, 0.25) is 0 Å². The molecule has 30 heavy (non-hydrogen) atoms. The summed E-state index contributed by atoms with van der Waals surface area (Å²) in [7, 11) is 0. The minimum absolute atomic E-state index is 0.102. The van der Waals surface area contributed by atoms with Crippen LogP contribution in [0.4, 0.5) is 0 Å². The van der Waals surface area contributed by atoms with Crippen LogP contribution in [-0.2, 0) is 15.0 Å². The van der Waals surface area contributed by atoms with E-state index in [4.69, 9.17) is 0 Å². The molecule has 6 rings (SSSR count). The van der Waals surface area contributed by atoms with Gasteiger partial charge < -0.3 is 15.3 Å². The maximum absolute atomic E-state index is 13.7. The van der Waals surface area contributed by atoms with E-state index in [2.05, 4.69) is 0 Å². The number of allylic oxidation sites excluding steroid dienone is 3. The van der Waals surface area contributed by atoms with E-state index in [-0.39, 0.29) is 23.1 Å². The zero-order chi connectivity index (χ0) is 21.4. The van der Waals surface area contributed by atoms with Crippen LogP contribution in [0.5, 0.6) is 11.5 Å². The Labute approximate surface area is 174 Å². The first-order valence-electron chi connectivity index (χ1n) is 9.99. The molecule has 4 aliphatic rings. The lowest BCUT2D eigenvalue weighted by atomic mass is 9.45. The quantitative estimate of drug-likeness (QED) is 0.671. The standard InChI is InChI=1S/C25H22O5/c1-13-11-19-21-22(28)18(14-3-7-16(26)8-4-14)12-25(21,15-5-9-17(27)10-6-15)20(13)23(29)24(19,2)30/h3-12,19-21,26-27,30H,1-2H3/t19-,20-,21-,24+,25+/m1/s1. The second-order valence-corrected chi connectivity index (χ2v) is 8.81. The van der Waals surface area contributed by atoms with E-state index < -0.39 is 28.8 Å². The van der Waals surface area contributed by atoms with Crippen molar-refractivity contribution in [1.82, 2.24) is 0 Å². The van der Waals surface area contributed by atoms with Gasteiger partial charge in [-0.2, -0.15) is 0 Å². The van der Waals surface area contributed by atoms with E-state index in [1.54, 1.807) is 36.4 Å². The predicted molar refractivity (Wildman–Crippen MR) is 111 cm³/mol. The molecule has 0 amide bonds. The molecule has 2 bridgehead atoms. The van der Waals surface area contributed by atoms with Crippen LogP contribution in [0, 0.1) is 17.8 Å². The molecule has 0 radical (unpaired) electrons. The molecule has 0 saturated heterocycles. The highest BCUT2D eigenvalue weighted by atomic mass is 16.3. The van der Waals surface area contributed by atoms with Crippen LogP contribution in [-0.4, -0.2) is 32.5 Å². The molecule has 1 fully saturated rings. The lowest BCUT2D eigenvalue weighted by Crippen LogP contribution is -2.66. The Morgan fingerprint density at radius 3 is 2.07 bits per heavy atom. The number of aliphatic hydroxyl groups is 1. The van der Waals surface area contributed by atoms with Gasteiger partial charge in [0.2, 0.25) is 0 Å². The summed E-state index contributed by atoms with van der Waals surface area (Å²) in [5.41, 5.74) is 0.200. The molecule has 2 aromatic carbocycles. The lowest BCUT2D eigenvalue weighted by Gasteiger charge is -2.56. The summed E-state index contributed by atoms with van der Waals surface area (Å²) in [6, 6.07) is 13.0. The first kappa shape index (κ1) is 18.8. The van der Waals surface area contributed by atoms with Gasteiger partial charge in [0, 0.05) is 22.8 Å². The number of phenols is 2. The highest BCUT2D eigenvalue weighted by Gasteiger charge is 2.69. The average molecular weight is 402 g/mol. The fourth-order valence-electron chi connectivity index (χ4n) is 5.77. The molecular weight excluding hydrogens is 380 g/mol. The molecule has 2 aromatic rings. The van der Waals surface area contributed by atoms with E-state index in [9.17, 15) is 24.9 Å². The van der Waals surface area contributed by atoms with Crippen molar-refractivity contribution in [3.63, 3.8) is 0 Å². The number of benzene rings is 2. The number of phenolic OH excluding ortho intramolecular Hbond substituents is 2. The van der Waals surface area contributed by atoms with E-state index >= 15 is 0 Å². The number of aromatic hydroxyl groups is 2. The summed E-state index contributed by atoms with van der Waals surface area (Å²) < 4.78 is 0. The van der Waals surface area contributed by atoms with Crippen LogP contribution < -0.4 is 0 Å². The fourth-order valence-corrected chi connectivity index (χ4v) is 5.77. The Balaban J connectivity index is 1.80. The van der Waals surface area contributed by atoms with Crippen molar-refractivity contribution in [3.8, 4) is 11.5 Å². The van der Waals surface area contributed by atoms with E-state index in [1.807, 2.05) is 19.1 Å². The Morgan fingerprint density at radius 1 is 0.900 bits per heavy atom. The summed E-state index contributed by atoms with van der Waals surface area (Å²) in [4.78, 5) is 27.1. The largest absolute Gasteiger partial charge is 0.508 e. The van der Waals surface area contributed by atoms with E-state index in [0.29, 0.717) is 11.1 Å². The number of fused-ring (bicyclic) bond motifs is 1. The number of ketones is 2. The van der Waals surface area contributed by atoms with Crippen molar-refractivity contribution in [2.75, 3.05) is 0 Å². The molecule has 152 valence electrons. The molecule has 0 heterocycles. The first-order chi connectivity index (χ1) is 14.2. The normalized spacial score (nSPS) is 34.6. The van der Waals surface area contributed by atoms with Crippen molar-refractivity contribution in [2.24, 2.45) is 17.8 Å². The molecule has 4 aliphatic carbocycles.